The lowest BCUT2D eigenvalue weighted by Crippen LogP contribution is -1.98. The van der Waals surface area contributed by atoms with Crippen molar-refractivity contribution in [1.29, 1.82) is 0 Å². The van der Waals surface area contributed by atoms with Gasteiger partial charge in [-0.05, 0) is 34.1 Å². The first-order valence-electron chi connectivity index (χ1n) is 5.63. The van der Waals surface area contributed by atoms with E-state index in [9.17, 15) is 0 Å². The second-order valence-corrected chi connectivity index (χ2v) is 5.88. The van der Waals surface area contributed by atoms with E-state index in [2.05, 4.69) is 61.9 Å². The van der Waals surface area contributed by atoms with Gasteiger partial charge in [-0.3, -0.25) is 4.98 Å². The fourth-order valence-electron chi connectivity index (χ4n) is 1.88. The molecule has 2 aromatic heterocycles. The van der Waals surface area contributed by atoms with Crippen molar-refractivity contribution in [1.82, 2.24) is 4.98 Å². The summed E-state index contributed by atoms with van der Waals surface area (Å²) in [6.45, 7) is 0.825. The third kappa shape index (κ3) is 2.40. The molecule has 2 nitrogen and oxygen atoms in total. The summed E-state index contributed by atoms with van der Waals surface area (Å²) < 4.78 is 1.14. The van der Waals surface area contributed by atoms with Gasteiger partial charge in [0.2, 0.25) is 0 Å². The summed E-state index contributed by atoms with van der Waals surface area (Å²) in [5.74, 6) is 0. The van der Waals surface area contributed by atoms with Gasteiger partial charge >= 0.3 is 0 Å². The zero-order valence-electron chi connectivity index (χ0n) is 9.56. The van der Waals surface area contributed by atoms with Crippen LogP contribution in [0.5, 0.6) is 0 Å². The average molecular weight is 319 g/mol. The summed E-state index contributed by atoms with van der Waals surface area (Å²) >= 11 is 5.21. The number of pyridine rings is 1. The van der Waals surface area contributed by atoms with Gasteiger partial charge in [-0.25, -0.2) is 0 Å². The third-order valence-electron chi connectivity index (χ3n) is 2.71. The summed E-state index contributed by atoms with van der Waals surface area (Å²) in [5.41, 5.74) is 2.10. The molecular weight excluding hydrogens is 308 g/mol. The minimum atomic E-state index is 0.825. The smallest absolute Gasteiger partial charge is 0.0933 e. The molecule has 0 spiro atoms. The Balaban J connectivity index is 1.86. The number of benzene rings is 1. The van der Waals surface area contributed by atoms with Gasteiger partial charge in [-0.2, -0.15) is 0 Å². The normalized spacial score (nSPS) is 10.7. The second-order valence-electron chi connectivity index (χ2n) is 3.97. The predicted molar refractivity (Wildman–Crippen MR) is 81.1 cm³/mol. The van der Waals surface area contributed by atoms with Crippen LogP contribution in [0.25, 0.3) is 10.9 Å². The molecule has 4 heteroatoms. The number of hydrogen-bond donors (Lipinski definition) is 1. The van der Waals surface area contributed by atoms with Crippen LogP contribution in [0.4, 0.5) is 5.69 Å². The summed E-state index contributed by atoms with van der Waals surface area (Å²) in [4.78, 5) is 5.73. The van der Waals surface area contributed by atoms with E-state index < -0.39 is 0 Å². The van der Waals surface area contributed by atoms with Gasteiger partial charge in [-0.15, -0.1) is 11.3 Å². The standard InChI is InChI=1S/C14H11BrN2S/c15-11-7-12(18-9-11)8-17-13-5-1-3-10-4-2-6-16-14(10)13/h1-7,9,17H,8H2. The van der Waals surface area contributed by atoms with Crippen molar-refractivity contribution < 1.29 is 0 Å². The zero-order valence-corrected chi connectivity index (χ0v) is 12.0. The fourth-order valence-corrected chi connectivity index (χ4v) is 3.27. The van der Waals surface area contributed by atoms with Crippen LogP contribution < -0.4 is 5.32 Å². The molecule has 2 heterocycles. The summed E-state index contributed by atoms with van der Waals surface area (Å²) in [5, 5.41) is 6.70. The van der Waals surface area contributed by atoms with Crippen LogP contribution in [0.3, 0.4) is 0 Å². The highest BCUT2D eigenvalue weighted by molar-refractivity contribution is 9.10. The first kappa shape index (κ1) is 11.7. The van der Waals surface area contributed by atoms with E-state index in [0.29, 0.717) is 0 Å². The first-order chi connectivity index (χ1) is 8.83. The van der Waals surface area contributed by atoms with Gasteiger partial charge in [0, 0.05) is 32.9 Å². The number of aromatic nitrogens is 1. The lowest BCUT2D eigenvalue weighted by molar-refractivity contribution is 1.19. The molecule has 0 aliphatic carbocycles. The molecule has 90 valence electrons. The number of fused-ring (bicyclic) bond motifs is 1. The highest BCUT2D eigenvalue weighted by Gasteiger charge is 2.02. The number of hydrogen-bond acceptors (Lipinski definition) is 3. The second kappa shape index (κ2) is 5.08. The SMILES string of the molecule is Brc1csc(CNc2cccc3cccnc23)c1. The van der Waals surface area contributed by atoms with Crippen LogP contribution in [0, 0.1) is 0 Å². The lowest BCUT2D eigenvalue weighted by Gasteiger charge is -2.07. The maximum atomic E-state index is 4.43. The Morgan fingerprint density at radius 2 is 2.11 bits per heavy atom. The molecule has 1 N–H and O–H groups in total. The van der Waals surface area contributed by atoms with E-state index in [4.69, 9.17) is 0 Å². The minimum Gasteiger partial charge on any atom is -0.378 e. The summed E-state index contributed by atoms with van der Waals surface area (Å²) in [6.07, 6.45) is 1.83. The predicted octanol–water partition coefficient (Wildman–Crippen LogP) is 4.67. The molecule has 0 aliphatic rings. The molecule has 1 aromatic carbocycles. The molecule has 0 unspecified atom stereocenters. The van der Waals surface area contributed by atoms with Crippen molar-refractivity contribution in [3.63, 3.8) is 0 Å². The Hall–Kier alpha value is -1.39. The van der Waals surface area contributed by atoms with E-state index in [1.807, 2.05) is 12.3 Å². The summed E-state index contributed by atoms with van der Waals surface area (Å²) in [6, 6.07) is 12.4. The first-order valence-corrected chi connectivity index (χ1v) is 7.31. The number of halogens is 1. The van der Waals surface area contributed by atoms with Crippen molar-refractivity contribution in [3.05, 3.63) is 57.3 Å². The van der Waals surface area contributed by atoms with Crippen molar-refractivity contribution in [2.45, 2.75) is 6.54 Å². The maximum absolute atomic E-state index is 4.43. The van der Waals surface area contributed by atoms with Crippen molar-refractivity contribution in [2.24, 2.45) is 0 Å². The Morgan fingerprint density at radius 1 is 1.22 bits per heavy atom. The molecule has 0 aliphatic heterocycles. The fraction of sp³-hybridized carbons (Fsp3) is 0.0714. The van der Waals surface area contributed by atoms with Crippen molar-refractivity contribution in [2.75, 3.05) is 5.32 Å². The molecular formula is C14H11BrN2S. The van der Waals surface area contributed by atoms with Crippen molar-refractivity contribution >= 4 is 43.9 Å². The molecule has 0 saturated carbocycles. The van der Waals surface area contributed by atoms with Gasteiger partial charge < -0.3 is 5.32 Å². The van der Waals surface area contributed by atoms with E-state index >= 15 is 0 Å². The van der Waals surface area contributed by atoms with Crippen LogP contribution in [-0.2, 0) is 6.54 Å². The molecule has 0 radical (unpaired) electrons. The van der Waals surface area contributed by atoms with Gasteiger partial charge in [-0.1, -0.05) is 18.2 Å². The molecule has 0 bridgehead atoms. The Morgan fingerprint density at radius 3 is 2.94 bits per heavy atom. The number of para-hydroxylation sites is 1. The van der Waals surface area contributed by atoms with E-state index in [1.54, 1.807) is 11.3 Å². The molecule has 0 amide bonds. The molecule has 18 heavy (non-hydrogen) atoms. The molecule has 3 aromatic rings. The van der Waals surface area contributed by atoms with Crippen LogP contribution in [0.1, 0.15) is 4.88 Å². The third-order valence-corrected chi connectivity index (χ3v) is 4.41. The lowest BCUT2D eigenvalue weighted by atomic mass is 10.2. The monoisotopic (exact) mass is 318 g/mol. The minimum absolute atomic E-state index is 0.825. The maximum Gasteiger partial charge on any atom is 0.0933 e. The molecule has 0 atom stereocenters. The Labute approximate surface area is 118 Å². The summed E-state index contributed by atoms with van der Waals surface area (Å²) in [7, 11) is 0. The number of nitrogens with zero attached hydrogens (tertiary/aromatic N) is 1. The zero-order chi connectivity index (χ0) is 12.4. The van der Waals surface area contributed by atoms with Crippen LogP contribution in [-0.4, -0.2) is 4.98 Å². The average Bonchev–Trinajstić information content (AvgIpc) is 2.82. The number of anilines is 1. The number of rotatable bonds is 3. The van der Waals surface area contributed by atoms with Crippen LogP contribution in [0.15, 0.2) is 52.4 Å². The van der Waals surface area contributed by atoms with Crippen molar-refractivity contribution in [3.8, 4) is 0 Å². The Kier molecular flexibility index (Phi) is 3.30. The van der Waals surface area contributed by atoms with Gasteiger partial charge in [0.05, 0.1) is 11.2 Å². The topological polar surface area (TPSA) is 24.9 Å². The van der Waals surface area contributed by atoms with Crippen LogP contribution >= 0.6 is 27.3 Å². The molecule has 0 saturated heterocycles. The largest absolute Gasteiger partial charge is 0.378 e. The Bertz CT molecular complexity index is 673. The highest BCUT2D eigenvalue weighted by Crippen LogP contribution is 2.24. The van der Waals surface area contributed by atoms with Gasteiger partial charge in [0.25, 0.3) is 0 Å². The highest BCUT2D eigenvalue weighted by atomic mass is 79.9. The van der Waals surface area contributed by atoms with E-state index in [1.165, 1.54) is 4.88 Å². The number of thiophene rings is 1. The van der Waals surface area contributed by atoms with Crippen LogP contribution in [0.2, 0.25) is 0 Å². The van der Waals surface area contributed by atoms with Gasteiger partial charge in [0.1, 0.15) is 0 Å². The van der Waals surface area contributed by atoms with E-state index in [-0.39, 0.29) is 0 Å². The number of nitrogens with one attached hydrogen (secondary N) is 1. The quantitative estimate of drug-likeness (QED) is 0.759. The van der Waals surface area contributed by atoms with Gasteiger partial charge in [0.15, 0.2) is 0 Å². The molecule has 0 fully saturated rings. The van der Waals surface area contributed by atoms with E-state index in [0.717, 1.165) is 27.6 Å². The molecule has 3 rings (SSSR count).